The van der Waals surface area contributed by atoms with Gasteiger partial charge in [0.1, 0.15) is 0 Å². The Morgan fingerprint density at radius 2 is 1.55 bits per heavy atom. The first-order chi connectivity index (χ1) is 9.28. The average molecular weight is 295 g/mol. The van der Waals surface area contributed by atoms with Gasteiger partial charge in [0.25, 0.3) is 0 Å². The van der Waals surface area contributed by atoms with E-state index in [-0.39, 0.29) is 0 Å². The third-order valence-corrected chi connectivity index (χ3v) is 5.48. The van der Waals surface area contributed by atoms with Crippen molar-refractivity contribution in [3.63, 3.8) is 0 Å². The van der Waals surface area contributed by atoms with Crippen LogP contribution in [-0.4, -0.2) is 14.0 Å². The van der Waals surface area contributed by atoms with Crippen molar-refractivity contribution in [1.82, 2.24) is 4.72 Å². The molecule has 4 heteroatoms. The fourth-order valence-corrected chi connectivity index (χ4v) is 4.24. The van der Waals surface area contributed by atoms with Gasteiger partial charge in [-0.05, 0) is 57.2 Å². The van der Waals surface area contributed by atoms with E-state index in [0.717, 1.165) is 0 Å². The smallest absolute Gasteiger partial charge is 0.207 e. The van der Waals surface area contributed by atoms with Crippen LogP contribution in [0, 0.1) is 0 Å². The summed E-state index contributed by atoms with van der Waals surface area (Å²) in [5.41, 5.74) is 0.820. The molecule has 20 heavy (non-hydrogen) atoms. The van der Waals surface area contributed by atoms with Crippen molar-refractivity contribution in [3.05, 3.63) is 29.8 Å². The number of nitrogens with one attached hydrogen (secondary N) is 1. The van der Waals surface area contributed by atoms with Crippen LogP contribution in [0.1, 0.15) is 64.4 Å². The number of hydrogen-bond donors (Lipinski definition) is 1. The molecule has 1 aliphatic carbocycles. The van der Waals surface area contributed by atoms with Gasteiger partial charge in [-0.1, -0.05) is 31.4 Å². The molecule has 0 heterocycles. The Morgan fingerprint density at radius 3 is 2.05 bits per heavy atom. The fourth-order valence-electron chi connectivity index (χ4n) is 2.82. The maximum Gasteiger partial charge on any atom is 0.241 e. The van der Waals surface area contributed by atoms with Crippen molar-refractivity contribution in [2.45, 2.75) is 69.2 Å². The molecule has 0 saturated heterocycles. The van der Waals surface area contributed by atoms with E-state index in [9.17, 15) is 8.42 Å². The molecular weight excluding hydrogens is 270 g/mol. The van der Waals surface area contributed by atoms with E-state index in [1.54, 1.807) is 12.1 Å². The first-order valence-electron chi connectivity index (χ1n) is 7.42. The summed E-state index contributed by atoms with van der Waals surface area (Å²) in [5, 5.41) is 0. The Kier molecular flexibility index (Phi) is 4.55. The second-order valence-corrected chi connectivity index (χ2v) is 8.44. The van der Waals surface area contributed by atoms with Gasteiger partial charge >= 0.3 is 0 Å². The van der Waals surface area contributed by atoms with Crippen molar-refractivity contribution in [2.75, 3.05) is 0 Å². The largest absolute Gasteiger partial charge is 0.241 e. The SMILES string of the molecule is CC(C)(C)NS(=O)(=O)c1ccc(C2CCCCC2)cc1. The van der Waals surface area contributed by atoms with Gasteiger partial charge < -0.3 is 0 Å². The van der Waals surface area contributed by atoms with Gasteiger partial charge in [-0.3, -0.25) is 0 Å². The molecule has 3 nitrogen and oxygen atoms in total. The third kappa shape index (κ3) is 4.06. The minimum atomic E-state index is -3.42. The summed E-state index contributed by atoms with van der Waals surface area (Å²) in [7, 11) is -3.42. The Balaban J connectivity index is 2.15. The van der Waals surface area contributed by atoms with Gasteiger partial charge in [0.05, 0.1) is 4.90 Å². The number of hydrogen-bond acceptors (Lipinski definition) is 2. The minimum absolute atomic E-state index is 0.354. The molecule has 1 aliphatic rings. The van der Waals surface area contributed by atoms with Crippen LogP contribution in [0.2, 0.25) is 0 Å². The Bertz CT molecular complexity index is 535. The van der Waals surface area contributed by atoms with Gasteiger partial charge in [-0.15, -0.1) is 0 Å². The average Bonchev–Trinajstić information content (AvgIpc) is 2.37. The predicted octanol–water partition coefficient (Wildman–Crippen LogP) is 3.81. The second kappa shape index (κ2) is 5.86. The van der Waals surface area contributed by atoms with Crippen LogP contribution >= 0.6 is 0 Å². The van der Waals surface area contributed by atoms with Crippen LogP contribution in [0.25, 0.3) is 0 Å². The standard InChI is InChI=1S/C16H25NO2S/c1-16(2,3)17-20(18,19)15-11-9-14(10-12-15)13-7-5-4-6-8-13/h9-13,17H,4-8H2,1-3H3. The maximum atomic E-state index is 12.2. The molecule has 0 amide bonds. The molecular formula is C16H25NO2S. The van der Waals surface area contributed by atoms with Gasteiger partial charge in [0.15, 0.2) is 0 Å². The molecule has 0 aromatic heterocycles. The zero-order valence-electron chi connectivity index (χ0n) is 12.6. The predicted molar refractivity (Wildman–Crippen MR) is 82.3 cm³/mol. The second-order valence-electron chi connectivity index (χ2n) is 6.76. The summed E-state index contributed by atoms with van der Waals surface area (Å²) >= 11 is 0. The number of sulfonamides is 1. The lowest BCUT2D eigenvalue weighted by molar-refractivity contribution is 0.443. The van der Waals surface area contributed by atoms with Gasteiger partial charge in [0.2, 0.25) is 10.0 Å². The molecule has 1 aromatic carbocycles. The molecule has 1 aromatic rings. The summed E-state index contributed by atoms with van der Waals surface area (Å²) in [5.74, 6) is 0.607. The van der Waals surface area contributed by atoms with Crippen molar-refractivity contribution in [1.29, 1.82) is 0 Å². The van der Waals surface area contributed by atoms with E-state index >= 15 is 0 Å². The van der Waals surface area contributed by atoms with Crippen molar-refractivity contribution < 1.29 is 8.42 Å². The lowest BCUT2D eigenvalue weighted by atomic mass is 9.84. The highest BCUT2D eigenvalue weighted by Crippen LogP contribution is 2.32. The molecule has 0 aliphatic heterocycles. The van der Waals surface area contributed by atoms with Crippen molar-refractivity contribution in [3.8, 4) is 0 Å². The summed E-state index contributed by atoms with van der Waals surface area (Å²) < 4.78 is 27.1. The number of rotatable bonds is 3. The summed E-state index contributed by atoms with van der Waals surface area (Å²) in [6, 6.07) is 7.43. The van der Waals surface area contributed by atoms with Crippen LogP contribution in [0.3, 0.4) is 0 Å². The van der Waals surface area contributed by atoms with Crippen molar-refractivity contribution >= 4 is 10.0 Å². The van der Waals surface area contributed by atoms with Crippen LogP contribution in [0.15, 0.2) is 29.2 Å². The highest BCUT2D eigenvalue weighted by Gasteiger charge is 2.22. The molecule has 1 fully saturated rings. The van der Waals surface area contributed by atoms with Crippen LogP contribution in [0.5, 0.6) is 0 Å². The normalized spacial score (nSPS) is 18.1. The summed E-state index contributed by atoms with van der Waals surface area (Å²) in [4.78, 5) is 0.354. The van der Waals surface area contributed by atoms with Crippen molar-refractivity contribution in [2.24, 2.45) is 0 Å². The van der Waals surface area contributed by atoms with E-state index in [1.807, 2.05) is 32.9 Å². The topological polar surface area (TPSA) is 46.2 Å². The van der Waals surface area contributed by atoms with Crippen LogP contribution in [0.4, 0.5) is 0 Å². The molecule has 0 spiro atoms. The lowest BCUT2D eigenvalue weighted by Gasteiger charge is -2.23. The first-order valence-corrected chi connectivity index (χ1v) is 8.90. The molecule has 2 rings (SSSR count). The molecule has 1 N–H and O–H groups in total. The molecule has 0 unspecified atom stereocenters. The molecule has 0 radical (unpaired) electrons. The third-order valence-electron chi connectivity index (χ3n) is 3.71. The van der Waals surface area contributed by atoms with Gasteiger partial charge in [0, 0.05) is 5.54 Å². The highest BCUT2D eigenvalue weighted by atomic mass is 32.2. The van der Waals surface area contributed by atoms with Crippen LogP contribution < -0.4 is 4.72 Å². The first kappa shape index (κ1) is 15.5. The Labute approximate surface area is 122 Å². The zero-order chi connectivity index (χ0) is 14.8. The molecule has 112 valence electrons. The minimum Gasteiger partial charge on any atom is -0.207 e. The lowest BCUT2D eigenvalue weighted by Crippen LogP contribution is -2.40. The molecule has 0 atom stereocenters. The van der Waals surface area contributed by atoms with E-state index in [2.05, 4.69) is 4.72 Å². The Morgan fingerprint density at radius 1 is 1.00 bits per heavy atom. The maximum absolute atomic E-state index is 12.2. The van der Waals surface area contributed by atoms with E-state index in [1.165, 1.54) is 37.7 Å². The van der Waals surface area contributed by atoms with Gasteiger partial charge in [-0.2, -0.15) is 0 Å². The van der Waals surface area contributed by atoms with Crippen LogP contribution in [-0.2, 0) is 10.0 Å². The summed E-state index contributed by atoms with van der Waals surface area (Å²) in [6.45, 7) is 5.54. The summed E-state index contributed by atoms with van der Waals surface area (Å²) in [6.07, 6.45) is 6.36. The number of benzene rings is 1. The Hall–Kier alpha value is -0.870. The highest BCUT2D eigenvalue weighted by molar-refractivity contribution is 7.89. The zero-order valence-corrected chi connectivity index (χ0v) is 13.5. The van der Waals surface area contributed by atoms with E-state index in [4.69, 9.17) is 0 Å². The fraction of sp³-hybridized carbons (Fsp3) is 0.625. The van der Waals surface area contributed by atoms with E-state index < -0.39 is 15.6 Å². The quantitative estimate of drug-likeness (QED) is 0.921. The van der Waals surface area contributed by atoms with E-state index in [0.29, 0.717) is 10.8 Å². The molecule has 0 bridgehead atoms. The molecule has 1 saturated carbocycles. The van der Waals surface area contributed by atoms with Gasteiger partial charge in [-0.25, -0.2) is 13.1 Å². The monoisotopic (exact) mass is 295 g/mol.